The van der Waals surface area contributed by atoms with Gasteiger partial charge in [0.15, 0.2) is 11.5 Å². The molecule has 0 saturated heterocycles. The first-order valence-corrected chi connectivity index (χ1v) is 5.83. The summed E-state index contributed by atoms with van der Waals surface area (Å²) in [7, 11) is 2.72. The van der Waals surface area contributed by atoms with Crippen molar-refractivity contribution in [1.29, 1.82) is 0 Å². The maximum Gasteiger partial charge on any atom is 0.308 e. The fourth-order valence-corrected chi connectivity index (χ4v) is 1.46. The first-order chi connectivity index (χ1) is 9.40. The Morgan fingerprint density at radius 1 is 1.30 bits per heavy atom. The topological polar surface area (TPSA) is 84.9 Å². The molecule has 0 saturated carbocycles. The number of methoxy groups -OCH3 is 2. The number of rotatable bonds is 6. The normalized spacial score (nSPS) is 11.6. The van der Waals surface area contributed by atoms with Crippen LogP contribution in [0.15, 0.2) is 12.1 Å². The first kappa shape index (κ1) is 15.7. The van der Waals surface area contributed by atoms with E-state index >= 15 is 0 Å². The molecular formula is C13H16FNO5. The SMILES string of the molecule is COc1cc(F)c(C(=O)NCC(C)C(=O)O)cc1OC. The molecular weight excluding hydrogens is 269 g/mol. The molecule has 1 atom stereocenters. The molecule has 20 heavy (non-hydrogen) atoms. The highest BCUT2D eigenvalue weighted by atomic mass is 19.1. The van der Waals surface area contributed by atoms with Gasteiger partial charge in [-0.2, -0.15) is 0 Å². The van der Waals surface area contributed by atoms with Crippen LogP contribution in [-0.4, -0.2) is 37.7 Å². The fraction of sp³-hybridized carbons (Fsp3) is 0.385. The van der Waals surface area contributed by atoms with E-state index in [1.165, 1.54) is 27.2 Å². The molecule has 0 fully saturated rings. The zero-order valence-corrected chi connectivity index (χ0v) is 11.4. The van der Waals surface area contributed by atoms with E-state index in [0.717, 1.165) is 6.07 Å². The number of carboxylic acids is 1. The summed E-state index contributed by atoms with van der Waals surface area (Å²) in [5, 5.41) is 11.1. The summed E-state index contributed by atoms with van der Waals surface area (Å²) in [4.78, 5) is 22.5. The minimum atomic E-state index is -1.04. The van der Waals surface area contributed by atoms with Crippen molar-refractivity contribution in [2.45, 2.75) is 6.92 Å². The van der Waals surface area contributed by atoms with Crippen LogP contribution in [0.5, 0.6) is 11.5 Å². The van der Waals surface area contributed by atoms with E-state index in [1.807, 2.05) is 0 Å². The lowest BCUT2D eigenvalue weighted by Gasteiger charge is -2.12. The predicted octanol–water partition coefficient (Wildman–Crippen LogP) is 1.29. The van der Waals surface area contributed by atoms with Crippen LogP contribution in [0.25, 0.3) is 0 Å². The van der Waals surface area contributed by atoms with Crippen LogP contribution >= 0.6 is 0 Å². The third-order valence-electron chi connectivity index (χ3n) is 2.71. The third-order valence-corrected chi connectivity index (χ3v) is 2.71. The number of carbonyl (C=O) groups is 2. The van der Waals surface area contributed by atoms with Gasteiger partial charge in [0.1, 0.15) is 5.82 Å². The van der Waals surface area contributed by atoms with Crippen molar-refractivity contribution in [3.8, 4) is 11.5 Å². The molecule has 0 spiro atoms. The highest BCUT2D eigenvalue weighted by molar-refractivity contribution is 5.95. The summed E-state index contributed by atoms with van der Waals surface area (Å²) >= 11 is 0. The number of nitrogens with one attached hydrogen (secondary N) is 1. The number of hydrogen-bond acceptors (Lipinski definition) is 4. The van der Waals surface area contributed by atoms with Crippen molar-refractivity contribution in [3.05, 3.63) is 23.5 Å². The van der Waals surface area contributed by atoms with Gasteiger partial charge < -0.3 is 19.9 Å². The third kappa shape index (κ3) is 3.59. The largest absolute Gasteiger partial charge is 0.493 e. The molecule has 0 aliphatic carbocycles. The highest BCUT2D eigenvalue weighted by Crippen LogP contribution is 2.29. The quantitative estimate of drug-likeness (QED) is 0.822. The number of hydrogen-bond donors (Lipinski definition) is 2. The predicted molar refractivity (Wildman–Crippen MR) is 68.6 cm³/mol. The molecule has 1 unspecified atom stereocenters. The van der Waals surface area contributed by atoms with Crippen molar-refractivity contribution in [1.82, 2.24) is 5.32 Å². The van der Waals surface area contributed by atoms with Gasteiger partial charge in [-0.05, 0) is 6.07 Å². The van der Waals surface area contributed by atoms with Crippen molar-refractivity contribution >= 4 is 11.9 Å². The van der Waals surface area contributed by atoms with Gasteiger partial charge in [-0.1, -0.05) is 6.92 Å². The monoisotopic (exact) mass is 285 g/mol. The number of halogens is 1. The molecule has 6 nitrogen and oxygen atoms in total. The van der Waals surface area contributed by atoms with Crippen LogP contribution in [-0.2, 0) is 4.79 Å². The minimum Gasteiger partial charge on any atom is -0.493 e. The van der Waals surface area contributed by atoms with Crippen LogP contribution in [0, 0.1) is 11.7 Å². The lowest BCUT2D eigenvalue weighted by Crippen LogP contribution is -2.32. The molecule has 0 aromatic heterocycles. The summed E-state index contributed by atoms with van der Waals surface area (Å²) in [6.45, 7) is 1.34. The number of ether oxygens (including phenoxy) is 2. The molecule has 1 rings (SSSR count). The Bertz CT molecular complexity index is 518. The van der Waals surface area contributed by atoms with Crippen LogP contribution in [0.1, 0.15) is 17.3 Å². The van der Waals surface area contributed by atoms with Gasteiger partial charge in [0, 0.05) is 12.6 Å². The van der Waals surface area contributed by atoms with E-state index in [2.05, 4.69) is 5.32 Å². The fourth-order valence-electron chi connectivity index (χ4n) is 1.46. The molecule has 0 bridgehead atoms. The zero-order valence-electron chi connectivity index (χ0n) is 11.4. The lowest BCUT2D eigenvalue weighted by atomic mass is 10.1. The number of carboxylic acid groups (broad SMARTS) is 1. The molecule has 1 aromatic carbocycles. The molecule has 0 radical (unpaired) electrons. The number of aliphatic carboxylic acids is 1. The van der Waals surface area contributed by atoms with Crippen LogP contribution in [0.4, 0.5) is 4.39 Å². The molecule has 2 N–H and O–H groups in total. The highest BCUT2D eigenvalue weighted by Gasteiger charge is 2.18. The van der Waals surface area contributed by atoms with Crippen molar-refractivity contribution in [2.24, 2.45) is 5.92 Å². The Morgan fingerprint density at radius 3 is 2.35 bits per heavy atom. The maximum atomic E-state index is 13.8. The van der Waals surface area contributed by atoms with Crippen LogP contribution in [0.2, 0.25) is 0 Å². The van der Waals surface area contributed by atoms with E-state index in [9.17, 15) is 14.0 Å². The van der Waals surface area contributed by atoms with Gasteiger partial charge in [-0.15, -0.1) is 0 Å². The van der Waals surface area contributed by atoms with E-state index in [-0.39, 0.29) is 23.6 Å². The Balaban J connectivity index is 2.90. The van der Waals surface area contributed by atoms with Crippen LogP contribution < -0.4 is 14.8 Å². The van der Waals surface area contributed by atoms with Crippen LogP contribution in [0.3, 0.4) is 0 Å². The summed E-state index contributed by atoms with van der Waals surface area (Å²) < 4.78 is 23.7. The Morgan fingerprint density at radius 2 is 1.85 bits per heavy atom. The van der Waals surface area contributed by atoms with Gasteiger partial charge in [0.25, 0.3) is 5.91 Å². The Hall–Kier alpha value is -2.31. The van der Waals surface area contributed by atoms with Gasteiger partial charge >= 0.3 is 5.97 Å². The van der Waals surface area contributed by atoms with Crippen molar-refractivity contribution in [3.63, 3.8) is 0 Å². The molecule has 0 aliphatic rings. The number of benzene rings is 1. The van der Waals surface area contributed by atoms with Gasteiger partial charge in [-0.25, -0.2) is 4.39 Å². The minimum absolute atomic E-state index is 0.0953. The molecule has 1 aromatic rings. The standard InChI is InChI=1S/C13H16FNO5/c1-7(13(17)18)6-15-12(16)8-4-10(19-2)11(20-3)5-9(8)14/h4-5,7H,6H2,1-3H3,(H,15,16)(H,17,18). The Kier molecular flexibility index (Phi) is 5.31. The summed E-state index contributed by atoms with van der Waals surface area (Å²) in [5.41, 5.74) is -0.236. The molecule has 0 aliphatic heterocycles. The van der Waals surface area contributed by atoms with E-state index < -0.39 is 23.6 Å². The summed E-state index contributed by atoms with van der Waals surface area (Å²) in [6.07, 6.45) is 0. The summed E-state index contributed by atoms with van der Waals surface area (Å²) in [6, 6.07) is 2.24. The Labute approximate surface area is 115 Å². The number of amides is 1. The maximum absolute atomic E-state index is 13.8. The second-order valence-corrected chi connectivity index (χ2v) is 4.14. The van der Waals surface area contributed by atoms with Crippen molar-refractivity contribution < 1.29 is 28.6 Å². The van der Waals surface area contributed by atoms with E-state index in [1.54, 1.807) is 0 Å². The second kappa shape index (κ2) is 6.74. The number of carbonyl (C=O) groups excluding carboxylic acids is 1. The first-order valence-electron chi connectivity index (χ1n) is 5.83. The molecule has 7 heteroatoms. The van der Waals surface area contributed by atoms with Gasteiger partial charge in [0.2, 0.25) is 0 Å². The second-order valence-electron chi connectivity index (χ2n) is 4.14. The van der Waals surface area contributed by atoms with E-state index in [4.69, 9.17) is 14.6 Å². The molecule has 0 heterocycles. The van der Waals surface area contributed by atoms with Gasteiger partial charge in [-0.3, -0.25) is 9.59 Å². The average Bonchev–Trinajstić information content (AvgIpc) is 2.43. The lowest BCUT2D eigenvalue weighted by molar-refractivity contribution is -0.140. The van der Waals surface area contributed by atoms with E-state index in [0.29, 0.717) is 0 Å². The molecule has 1 amide bonds. The van der Waals surface area contributed by atoms with Crippen molar-refractivity contribution in [2.75, 3.05) is 20.8 Å². The smallest absolute Gasteiger partial charge is 0.308 e. The average molecular weight is 285 g/mol. The zero-order chi connectivity index (χ0) is 15.3. The van der Waals surface area contributed by atoms with Gasteiger partial charge in [0.05, 0.1) is 25.7 Å². The molecule has 110 valence electrons. The summed E-state index contributed by atoms with van der Waals surface area (Å²) in [5.74, 6) is -2.91.